The van der Waals surface area contributed by atoms with Crippen LogP contribution in [0.4, 0.5) is 5.82 Å². The molecule has 1 unspecified atom stereocenters. The minimum Gasteiger partial charge on any atom is -0.461 e. The van der Waals surface area contributed by atoms with Crippen LogP contribution in [0, 0.1) is 0 Å². The molecule has 0 aromatic carbocycles. The van der Waals surface area contributed by atoms with E-state index in [9.17, 15) is 0 Å². The molecule has 4 rings (SSSR count). The van der Waals surface area contributed by atoms with Crippen molar-refractivity contribution in [1.82, 2.24) is 25.1 Å². The summed E-state index contributed by atoms with van der Waals surface area (Å²) >= 11 is 0. The molecule has 1 aliphatic heterocycles. The zero-order chi connectivity index (χ0) is 17.9. The van der Waals surface area contributed by atoms with Crippen molar-refractivity contribution < 1.29 is 4.42 Å². The molecular formula is C19H26Cl2N6O. The maximum atomic E-state index is 5.53. The smallest absolute Gasteiger partial charge is 0.197 e. The van der Waals surface area contributed by atoms with E-state index in [4.69, 9.17) is 14.4 Å². The lowest BCUT2D eigenvalue weighted by Crippen LogP contribution is -2.16. The molecule has 0 amide bonds. The summed E-state index contributed by atoms with van der Waals surface area (Å²) in [6.07, 6.45) is 8.37. The normalized spacial score (nSPS) is 14.2. The number of hydrogen-bond donors (Lipinski definition) is 2. The number of fused-ring (bicyclic) bond motifs is 1. The molecule has 0 aliphatic carbocycles. The summed E-state index contributed by atoms with van der Waals surface area (Å²) < 4.78 is 7.37. The lowest BCUT2D eigenvalue weighted by molar-refractivity contribution is 0.576. The Morgan fingerprint density at radius 1 is 1.25 bits per heavy atom. The first-order valence-corrected chi connectivity index (χ1v) is 9.14. The SMILES string of the molecule is CCC(Nc1nc(-c2ccco2)nc2c1CCNCC2)c1cnn(C)c1.Cl.Cl. The fourth-order valence-electron chi connectivity index (χ4n) is 3.39. The van der Waals surface area contributed by atoms with E-state index in [0.29, 0.717) is 11.6 Å². The summed E-state index contributed by atoms with van der Waals surface area (Å²) in [6, 6.07) is 3.92. The minimum absolute atomic E-state index is 0. The highest BCUT2D eigenvalue weighted by Gasteiger charge is 2.21. The van der Waals surface area contributed by atoms with E-state index < -0.39 is 0 Å². The molecule has 0 fully saturated rings. The van der Waals surface area contributed by atoms with Gasteiger partial charge in [0, 0.05) is 37.3 Å². The van der Waals surface area contributed by atoms with Gasteiger partial charge in [-0.2, -0.15) is 5.10 Å². The maximum Gasteiger partial charge on any atom is 0.197 e. The molecule has 0 saturated carbocycles. The summed E-state index contributed by atoms with van der Waals surface area (Å²) in [7, 11) is 1.94. The number of aromatic nitrogens is 4. The highest BCUT2D eigenvalue weighted by molar-refractivity contribution is 5.85. The van der Waals surface area contributed by atoms with E-state index in [2.05, 4.69) is 28.9 Å². The Morgan fingerprint density at radius 3 is 2.75 bits per heavy atom. The van der Waals surface area contributed by atoms with Gasteiger partial charge in [-0.1, -0.05) is 6.92 Å². The second-order valence-electron chi connectivity index (χ2n) is 6.60. The third-order valence-electron chi connectivity index (χ3n) is 4.77. The second kappa shape index (κ2) is 9.91. The molecule has 1 aliphatic rings. The van der Waals surface area contributed by atoms with Crippen LogP contribution in [-0.4, -0.2) is 32.8 Å². The van der Waals surface area contributed by atoms with Gasteiger partial charge in [0.2, 0.25) is 0 Å². The summed E-state index contributed by atoms with van der Waals surface area (Å²) in [4.78, 5) is 9.60. The van der Waals surface area contributed by atoms with Gasteiger partial charge in [0.05, 0.1) is 24.2 Å². The van der Waals surface area contributed by atoms with Crippen molar-refractivity contribution in [2.75, 3.05) is 18.4 Å². The highest BCUT2D eigenvalue weighted by Crippen LogP contribution is 2.28. The Labute approximate surface area is 177 Å². The fraction of sp³-hybridized carbons (Fsp3) is 0.421. The van der Waals surface area contributed by atoms with Crippen LogP contribution in [0.1, 0.15) is 36.2 Å². The fourth-order valence-corrected chi connectivity index (χ4v) is 3.39. The number of aryl methyl sites for hydroxylation is 1. The van der Waals surface area contributed by atoms with Gasteiger partial charge in [-0.25, -0.2) is 9.97 Å². The average Bonchev–Trinajstić information content (AvgIpc) is 3.27. The Hall–Kier alpha value is -2.09. The monoisotopic (exact) mass is 424 g/mol. The van der Waals surface area contributed by atoms with Crippen LogP contribution in [0.15, 0.2) is 35.2 Å². The van der Waals surface area contributed by atoms with Crippen LogP contribution < -0.4 is 10.6 Å². The van der Waals surface area contributed by atoms with Gasteiger partial charge < -0.3 is 15.1 Å². The zero-order valence-electron chi connectivity index (χ0n) is 16.0. The molecule has 0 radical (unpaired) electrons. The van der Waals surface area contributed by atoms with E-state index >= 15 is 0 Å². The topological polar surface area (TPSA) is 80.8 Å². The molecule has 9 heteroatoms. The molecule has 152 valence electrons. The lowest BCUT2D eigenvalue weighted by atomic mass is 10.1. The van der Waals surface area contributed by atoms with Crippen molar-refractivity contribution in [2.45, 2.75) is 32.2 Å². The lowest BCUT2D eigenvalue weighted by Gasteiger charge is -2.20. The van der Waals surface area contributed by atoms with Crippen LogP contribution >= 0.6 is 24.8 Å². The molecule has 0 bridgehead atoms. The molecule has 3 aromatic heterocycles. The Kier molecular flexibility index (Phi) is 7.86. The van der Waals surface area contributed by atoms with Gasteiger partial charge in [-0.05, 0) is 31.5 Å². The maximum absolute atomic E-state index is 5.53. The number of hydrogen-bond acceptors (Lipinski definition) is 6. The first-order chi connectivity index (χ1) is 12.7. The molecular weight excluding hydrogens is 399 g/mol. The standard InChI is InChI=1S/C19H24N6O.2ClH/c1-3-15(13-11-21-25(2)12-13)22-18-14-6-8-20-9-7-16(14)23-19(24-18)17-5-4-10-26-17;;/h4-5,10-12,15,20H,3,6-9H2,1-2H3,(H,22,23,24);2*1H. The number of nitrogens with one attached hydrogen (secondary N) is 2. The van der Waals surface area contributed by atoms with Gasteiger partial charge >= 0.3 is 0 Å². The van der Waals surface area contributed by atoms with Gasteiger partial charge in [-0.3, -0.25) is 4.68 Å². The second-order valence-corrected chi connectivity index (χ2v) is 6.60. The number of furan rings is 1. The predicted octanol–water partition coefficient (Wildman–Crippen LogP) is 3.57. The highest BCUT2D eigenvalue weighted by atomic mass is 35.5. The molecule has 1 atom stereocenters. The Morgan fingerprint density at radius 2 is 2.07 bits per heavy atom. The molecule has 2 N–H and O–H groups in total. The third-order valence-corrected chi connectivity index (χ3v) is 4.77. The summed E-state index contributed by atoms with van der Waals surface area (Å²) in [5.41, 5.74) is 3.46. The summed E-state index contributed by atoms with van der Waals surface area (Å²) in [5, 5.41) is 11.4. The zero-order valence-corrected chi connectivity index (χ0v) is 17.6. The minimum atomic E-state index is 0. The van der Waals surface area contributed by atoms with Crippen LogP contribution in [0.25, 0.3) is 11.6 Å². The van der Waals surface area contributed by atoms with E-state index in [1.165, 1.54) is 5.56 Å². The molecule has 7 nitrogen and oxygen atoms in total. The molecule has 0 saturated heterocycles. The van der Waals surface area contributed by atoms with E-state index in [1.54, 1.807) is 6.26 Å². The quantitative estimate of drug-likeness (QED) is 0.651. The van der Waals surface area contributed by atoms with Crippen molar-refractivity contribution in [3.05, 3.63) is 47.6 Å². The first kappa shape index (κ1) is 22.2. The van der Waals surface area contributed by atoms with E-state index in [0.717, 1.165) is 49.4 Å². The van der Waals surface area contributed by atoms with Crippen molar-refractivity contribution >= 4 is 30.6 Å². The number of nitrogens with zero attached hydrogens (tertiary/aromatic N) is 4. The summed E-state index contributed by atoms with van der Waals surface area (Å²) in [5.74, 6) is 2.24. The predicted molar refractivity (Wildman–Crippen MR) is 114 cm³/mol. The average molecular weight is 425 g/mol. The van der Waals surface area contributed by atoms with Crippen LogP contribution in [-0.2, 0) is 19.9 Å². The van der Waals surface area contributed by atoms with Crippen molar-refractivity contribution in [2.24, 2.45) is 7.05 Å². The number of halogens is 2. The summed E-state index contributed by atoms with van der Waals surface area (Å²) in [6.45, 7) is 4.04. The number of rotatable bonds is 5. The van der Waals surface area contributed by atoms with Gasteiger partial charge in [0.25, 0.3) is 0 Å². The molecule has 0 spiro atoms. The van der Waals surface area contributed by atoms with Gasteiger partial charge in [0.1, 0.15) is 5.82 Å². The number of anilines is 1. The first-order valence-electron chi connectivity index (χ1n) is 9.14. The third kappa shape index (κ3) is 4.66. The Balaban J connectivity index is 0.00000140. The van der Waals surface area contributed by atoms with Crippen LogP contribution in [0.2, 0.25) is 0 Å². The van der Waals surface area contributed by atoms with Crippen molar-refractivity contribution in [1.29, 1.82) is 0 Å². The van der Waals surface area contributed by atoms with Gasteiger partial charge in [0.15, 0.2) is 11.6 Å². The largest absolute Gasteiger partial charge is 0.461 e. The van der Waals surface area contributed by atoms with Gasteiger partial charge in [-0.15, -0.1) is 24.8 Å². The van der Waals surface area contributed by atoms with E-state index in [1.807, 2.05) is 30.1 Å². The molecule has 28 heavy (non-hydrogen) atoms. The Bertz CT molecular complexity index is 881. The molecule has 3 aromatic rings. The van der Waals surface area contributed by atoms with Crippen molar-refractivity contribution in [3.63, 3.8) is 0 Å². The van der Waals surface area contributed by atoms with E-state index in [-0.39, 0.29) is 30.9 Å². The van der Waals surface area contributed by atoms with Crippen LogP contribution in [0.5, 0.6) is 0 Å². The van der Waals surface area contributed by atoms with Crippen LogP contribution in [0.3, 0.4) is 0 Å². The van der Waals surface area contributed by atoms with Crippen molar-refractivity contribution in [3.8, 4) is 11.6 Å². The molecule has 4 heterocycles.